The largest absolute Gasteiger partial charge is 0.378 e. The van der Waals surface area contributed by atoms with E-state index in [2.05, 4.69) is 39.3 Å². The summed E-state index contributed by atoms with van der Waals surface area (Å²) in [6.45, 7) is 12.9. The third-order valence-corrected chi connectivity index (χ3v) is 4.58. The van der Waals surface area contributed by atoms with E-state index < -0.39 is 22.6 Å². The molecule has 0 aliphatic rings. The van der Waals surface area contributed by atoms with E-state index >= 15 is 0 Å². The highest BCUT2D eigenvalue weighted by Gasteiger charge is 2.42. The van der Waals surface area contributed by atoms with Gasteiger partial charge in [-0.1, -0.05) is 30.3 Å². The van der Waals surface area contributed by atoms with Gasteiger partial charge < -0.3 is 13.3 Å². The molecule has 0 fully saturated rings. The molecule has 0 saturated heterocycles. The second-order valence-electron chi connectivity index (χ2n) is 6.56. The third-order valence-electron chi connectivity index (χ3n) is 2.28. The van der Waals surface area contributed by atoms with Gasteiger partial charge >= 0.3 is 0 Å². The second kappa shape index (κ2) is 6.03. The lowest BCUT2D eigenvalue weighted by Crippen LogP contribution is -2.49. The molecule has 0 aromatic heterocycles. The number of benzene rings is 1. The SMILES string of the molecule is C[Si](C)(C)OC(O[SiH3])(O[Si](C)(C)C)c1ccccc1. The minimum absolute atomic E-state index is 0.562. The average molecular weight is 315 g/mol. The number of hydrogen-bond acceptors (Lipinski definition) is 3. The highest BCUT2D eigenvalue weighted by Crippen LogP contribution is 2.34. The molecule has 0 radical (unpaired) electrons. The van der Waals surface area contributed by atoms with Crippen molar-refractivity contribution >= 4 is 27.1 Å². The van der Waals surface area contributed by atoms with Crippen LogP contribution in [-0.4, -0.2) is 27.1 Å². The quantitative estimate of drug-likeness (QED) is 0.597. The molecule has 0 bridgehead atoms. The van der Waals surface area contributed by atoms with Crippen LogP contribution in [0, 0.1) is 0 Å². The summed E-state index contributed by atoms with van der Waals surface area (Å²) in [6, 6.07) is 10.00. The van der Waals surface area contributed by atoms with Crippen molar-refractivity contribution in [2.45, 2.75) is 45.3 Å². The van der Waals surface area contributed by atoms with Crippen molar-refractivity contribution in [3.63, 3.8) is 0 Å². The molecule has 0 spiro atoms. The standard InChI is InChI=1S/C13H26O3Si3/c1-18(2,3)15-13(14-17,16-19(4,5)6)12-10-8-7-9-11-12/h7-11H,1-6,17H3. The fourth-order valence-corrected chi connectivity index (χ4v) is 4.71. The molecule has 1 rings (SSSR count). The molecule has 1 aromatic rings. The zero-order valence-corrected chi connectivity index (χ0v) is 17.1. The molecular weight excluding hydrogens is 288 g/mol. The molecule has 19 heavy (non-hydrogen) atoms. The van der Waals surface area contributed by atoms with Crippen LogP contribution in [0.25, 0.3) is 0 Å². The van der Waals surface area contributed by atoms with Crippen LogP contribution < -0.4 is 0 Å². The average Bonchev–Trinajstić information content (AvgIpc) is 2.25. The fraction of sp³-hybridized carbons (Fsp3) is 0.538. The molecule has 0 unspecified atom stereocenters. The third kappa shape index (κ3) is 5.33. The van der Waals surface area contributed by atoms with Gasteiger partial charge in [-0.2, -0.15) is 0 Å². The molecule has 1 aromatic carbocycles. The van der Waals surface area contributed by atoms with Gasteiger partial charge in [-0.25, -0.2) is 0 Å². The van der Waals surface area contributed by atoms with E-state index in [1.807, 2.05) is 30.3 Å². The maximum atomic E-state index is 6.30. The molecule has 108 valence electrons. The van der Waals surface area contributed by atoms with Gasteiger partial charge in [-0.15, -0.1) is 0 Å². The smallest absolute Gasteiger partial charge is 0.282 e. The van der Waals surface area contributed by atoms with Gasteiger partial charge in [0.15, 0.2) is 27.1 Å². The summed E-state index contributed by atoms with van der Waals surface area (Å²) >= 11 is 0. The van der Waals surface area contributed by atoms with Crippen LogP contribution >= 0.6 is 0 Å². The van der Waals surface area contributed by atoms with E-state index in [1.54, 1.807) is 0 Å². The molecular formula is C13H26O3Si3. The van der Waals surface area contributed by atoms with Gasteiger partial charge in [0.2, 0.25) is 0 Å². The zero-order chi connectivity index (χ0) is 14.7. The number of hydrogen-bond donors (Lipinski definition) is 0. The summed E-state index contributed by atoms with van der Waals surface area (Å²) in [6.07, 6.45) is 0. The van der Waals surface area contributed by atoms with Gasteiger partial charge in [0.05, 0.1) is 0 Å². The van der Waals surface area contributed by atoms with Gasteiger partial charge in [-0.3, -0.25) is 0 Å². The summed E-state index contributed by atoms with van der Waals surface area (Å²) in [7, 11) is -3.04. The Bertz CT molecular complexity index is 380. The van der Waals surface area contributed by atoms with Gasteiger partial charge in [0, 0.05) is 5.56 Å². The Morgan fingerprint density at radius 3 is 1.58 bits per heavy atom. The Morgan fingerprint density at radius 1 is 0.842 bits per heavy atom. The normalized spacial score (nSPS) is 13.8. The molecule has 0 N–H and O–H groups in total. The Balaban J connectivity index is 3.22. The lowest BCUT2D eigenvalue weighted by molar-refractivity contribution is -0.274. The molecule has 0 amide bonds. The predicted molar refractivity (Wildman–Crippen MR) is 88.0 cm³/mol. The van der Waals surface area contributed by atoms with E-state index in [9.17, 15) is 0 Å². The van der Waals surface area contributed by atoms with E-state index in [0.29, 0.717) is 10.5 Å². The first-order valence-corrected chi connectivity index (χ1v) is 14.2. The Morgan fingerprint density at radius 2 is 1.26 bits per heavy atom. The Hall–Kier alpha value is -0.249. The van der Waals surface area contributed by atoms with Crippen molar-refractivity contribution in [3.05, 3.63) is 35.9 Å². The molecule has 6 heteroatoms. The van der Waals surface area contributed by atoms with Crippen LogP contribution in [0.1, 0.15) is 5.56 Å². The van der Waals surface area contributed by atoms with E-state index in [4.69, 9.17) is 13.3 Å². The highest BCUT2D eigenvalue weighted by atomic mass is 28.4. The van der Waals surface area contributed by atoms with Crippen LogP contribution in [0.3, 0.4) is 0 Å². The molecule has 3 nitrogen and oxygen atoms in total. The van der Waals surface area contributed by atoms with Crippen molar-refractivity contribution < 1.29 is 13.3 Å². The van der Waals surface area contributed by atoms with Gasteiger partial charge in [0.1, 0.15) is 0 Å². The van der Waals surface area contributed by atoms with Gasteiger partial charge in [-0.05, 0) is 39.3 Å². The Kier molecular flexibility index (Phi) is 5.33. The first-order valence-electron chi connectivity index (χ1n) is 6.59. The highest BCUT2D eigenvalue weighted by molar-refractivity contribution is 6.70. The van der Waals surface area contributed by atoms with Crippen LogP contribution in [0.15, 0.2) is 30.3 Å². The molecule has 0 saturated carbocycles. The van der Waals surface area contributed by atoms with E-state index in [1.165, 1.54) is 0 Å². The van der Waals surface area contributed by atoms with Crippen molar-refractivity contribution in [3.8, 4) is 0 Å². The summed E-state index contributed by atoms with van der Waals surface area (Å²) < 4.78 is 18.4. The van der Waals surface area contributed by atoms with Crippen molar-refractivity contribution in [2.24, 2.45) is 0 Å². The molecule has 0 heterocycles. The Labute approximate surface area is 122 Å². The van der Waals surface area contributed by atoms with Crippen molar-refractivity contribution in [2.75, 3.05) is 0 Å². The summed E-state index contributed by atoms with van der Waals surface area (Å²) in [5.41, 5.74) is 0.954. The maximum absolute atomic E-state index is 6.30. The second-order valence-corrected chi connectivity index (χ2v) is 15.8. The van der Waals surface area contributed by atoms with Crippen LogP contribution in [0.5, 0.6) is 0 Å². The minimum atomic E-state index is -1.80. The monoisotopic (exact) mass is 314 g/mol. The minimum Gasteiger partial charge on any atom is -0.378 e. The van der Waals surface area contributed by atoms with Crippen molar-refractivity contribution in [1.29, 1.82) is 0 Å². The lowest BCUT2D eigenvalue weighted by Gasteiger charge is -2.41. The summed E-state index contributed by atoms with van der Waals surface area (Å²) in [4.78, 5) is 0. The topological polar surface area (TPSA) is 27.7 Å². The number of rotatable bonds is 6. The lowest BCUT2D eigenvalue weighted by atomic mass is 10.2. The first kappa shape index (κ1) is 16.8. The predicted octanol–water partition coefficient (Wildman–Crippen LogP) is 2.80. The molecule has 0 aliphatic heterocycles. The van der Waals surface area contributed by atoms with Crippen molar-refractivity contribution in [1.82, 2.24) is 0 Å². The van der Waals surface area contributed by atoms with Crippen LogP contribution in [-0.2, 0) is 19.3 Å². The van der Waals surface area contributed by atoms with E-state index in [-0.39, 0.29) is 0 Å². The van der Waals surface area contributed by atoms with Crippen LogP contribution in [0.4, 0.5) is 0 Å². The fourth-order valence-electron chi connectivity index (χ4n) is 1.79. The maximum Gasteiger partial charge on any atom is 0.282 e. The van der Waals surface area contributed by atoms with E-state index in [0.717, 1.165) is 5.56 Å². The van der Waals surface area contributed by atoms with Gasteiger partial charge in [0.25, 0.3) is 5.97 Å². The summed E-state index contributed by atoms with van der Waals surface area (Å²) in [5, 5.41) is 0. The molecule has 0 atom stereocenters. The van der Waals surface area contributed by atoms with Crippen LogP contribution in [0.2, 0.25) is 39.3 Å². The zero-order valence-electron chi connectivity index (χ0n) is 13.1. The summed E-state index contributed by atoms with van der Waals surface area (Å²) in [5.74, 6) is -1.01. The first-order chi connectivity index (χ1) is 8.58. The molecule has 0 aliphatic carbocycles.